The molecule has 0 bridgehead atoms. The van der Waals surface area contributed by atoms with E-state index in [-0.39, 0.29) is 134 Å². The average molecular weight is 494 g/mol. The minimum atomic E-state index is -2.23. The predicted octanol–water partition coefficient (Wildman–Crippen LogP) is -4.31. The van der Waals surface area contributed by atoms with Crippen molar-refractivity contribution < 1.29 is 126 Å². The van der Waals surface area contributed by atoms with Crippen molar-refractivity contribution in [3.63, 3.8) is 0 Å². The summed E-state index contributed by atoms with van der Waals surface area (Å²) >= 11 is 5.96. The number of pyridine rings is 1. The Hall–Kier alpha value is 1.62. The van der Waals surface area contributed by atoms with Crippen molar-refractivity contribution in [3.05, 3.63) is 59.1 Å². The van der Waals surface area contributed by atoms with E-state index in [1.165, 1.54) is 22.9 Å². The number of aromatic nitrogens is 1. The summed E-state index contributed by atoms with van der Waals surface area (Å²) in [5, 5.41) is 15.8. The predicted molar refractivity (Wildman–Crippen MR) is 99.4 cm³/mol. The van der Waals surface area contributed by atoms with Crippen molar-refractivity contribution in [2.45, 2.75) is 6.92 Å². The van der Waals surface area contributed by atoms with Gasteiger partial charge in [0.15, 0.2) is 0 Å². The molecule has 1 aromatic rings. The molecule has 0 saturated heterocycles. The number of nitrogens with zero attached hydrogens (tertiary/aromatic N) is 3. The first kappa shape index (κ1) is 32.8. The zero-order valence-electron chi connectivity index (χ0n) is 16.5. The van der Waals surface area contributed by atoms with Crippen LogP contribution in [-0.4, -0.2) is 52.0 Å². The number of hydrogen-bond donors (Lipinski definition) is 2. The Morgan fingerprint density at radius 3 is 2.52 bits per heavy atom. The van der Waals surface area contributed by atoms with Gasteiger partial charge in [0.25, 0.3) is 0 Å². The van der Waals surface area contributed by atoms with Crippen LogP contribution in [0.25, 0.3) is 0 Å². The molecule has 12 heteroatoms. The molecule has 0 fully saturated rings. The van der Waals surface area contributed by atoms with E-state index in [0.29, 0.717) is 12.2 Å². The van der Waals surface area contributed by atoms with Crippen LogP contribution in [0.15, 0.2) is 40.1 Å². The SMILES string of the molecule is C[C@H]1CN([S-](=O)=O)CC=C1[C-]=C(Cl)N=[C-]c1ccc(F)cn1.OC[CH-]CO.[K+].[K+]. The van der Waals surface area contributed by atoms with E-state index in [2.05, 4.69) is 22.3 Å². The van der Waals surface area contributed by atoms with E-state index in [0.717, 1.165) is 11.8 Å². The number of halogens is 2. The standard InChI is InChI=1S/C14H12ClFN3O2S.C3H7O2.2K/c1-10-9-19(22(20)21)5-4-11(10)6-14(15)18-8-13-3-2-12(16)7-17-13;4-2-1-3-5;;/h2-4,7,10H,5,9H2,1H3;1,4-5H,2-3H2;;/q-3;-1;2*+1/t10-;;;/m0.../s1. The molecule has 2 N–H and O–H groups in total. The third kappa shape index (κ3) is 14.4. The van der Waals surface area contributed by atoms with Gasteiger partial charge in [-0.05, 0) is 29.0 Å². The number of aliphatic imine (C=N–C) groups is 1. The quantitative estimate of drug-likeness (QED) is 0.137. The van der Waals surface area contributed by atoms with Gasteiger partial charge in [0, 0.05) is 0 Å². The molecule has 0 radical (unpaired) electrons. The van der Waals surface area contributed by atoms with Gasteiger partial charge in [-0.2, -0.15) is 11.6 Å². The van der Waals surface area contributed by atoms with Crippen LogP contribution >= 0.6 is 11.6 Å². The first-order chi connectivity index (χ1) is 12.9. The maximum atomic E-state index is 12.7. The van der Waals surface area contributed by atoms with Crippen molar-refractivity contribution in [3.8, 4) is 0 Å². The molecule has 1 aromatic heterocycles. The van der Waals surface area contributed by atoms with Gasteiger partial charge in [-0.25, -0.2) is 16.0 Å². The Kier molecular flexibility index (Phi) is 21.6. The third-order valence-electron chi connectivity index (χ3n) is 3.24. The number of aliphatic hydroxyl groups excluding tert-OH is 2. The molecule has 0 unspecified atom stereocenters. The van der Waals surface area contributed by atoms with Crippen LogP contribution in [0, 0.1) is 24.2 Å². The zero-order valence-corrected chi connectivity index (χ0v) is 24.3. The summed E-state index contributed by atoms with van der Waals surface area (Å²) < 4.78 is 35.8. The van der Waals surface area contributed by atoms with Crippen LogP contribution in [0.5, 0.6) is 0 Å². The normalized spacial score (nSPS) is 17.1. The molecule has 0 spiro atoms. The van der Waals surface area contributed by atoms with Crippen molar-refractivity contribution in [2.24, 2.45) is 10.9 Å². The largest absolute Gasteiger partial charge is 1.00 e. The molecule has 1 aliphatic heterocycles. The van der Waals surface area contributed by atoms with Crippen LogP contribution in [0.4, 0.5) is 4.39 Å². The summed E-state index contributed by atoms with van der Waals surface area (Å²) in [7, 11) is -2.23. The molecular formula is C17H19ClFK2N3O4S-2. The Labute approximate surface area is 262 Å². The molecule has 0 aromatic carbocycles. The van der Waals surface area contributed by atoms with Gasteiger partial charge in [0.05, 0.1) is 6.20 Å². The Morgan fingerprint density at radius 1 is 1.41 bits per heavy atom. The van der Waals surface area contributed by atoms with E-state index in [4.69, 9.17) is 21.8 Å². The van der Waals surface area contributed by atoms with Gasteiger partial charge in [0.2, 0.25) is 0 Å². The summed E-state index contributed by atoms with van der Waals surface area (Å²) in [4.78, 5) is 7.64. The molecule has 0 amide bonds. The maximum Gasteiger partial charge on any atom is 1.00 e. The Morgan fingerprint density at radius 2 is 2.07 bits per heavy atom. The first-order valence-electron chi connectivity index (χ1n) is 7.82. The third-order valence-corrected chi connectivity index (χ3v) is 4.13. The van der Waals surface area contributed by atoms with Gasteiger partial charge in [-0.15, -0.1) is 6.07 Å². The minimum absolute atomic E-state index is 0. The van der Waals surface area contributed by atoms with Gasteiger partial charge in [0.1, 0.15) is 5.82 Å². The number of hydrogen-bond acceptors (Lipinski definition) is 7. The summed E-state index contributed by atoms with van der Waals surface area (Å²) in [6, 6.07) is 2.67. The number of aliphatic hydroxyl groups is 2. The number of rotatable bonds is 6. The molecule has 2 heterocycles. The Balaban J connectivity index is 0. The fourth-order valence-electron chi connectivity index (χ4n) is 1.93. The van der Waals surface area contributed by atoms with E-state index >= 15 is 0 Å². The average Bonchev–Trinajstić information content (AvgIpc) is 2.64. The summed E-state index contributed by atoms with van der Waals surface area (Å²) in [6.45, 7) is 2.45. The molecule has 29 heavy (non-hydrogen) atoms. The summed E-state index contributed by atoms with van der Waals surface area (Å²) in [5.41, 5.74) is 1.13. The number of allylic oxidation sites excluding steroid dienone is 1. The van der Waals surface area contributed by atoms with Crippen LogP contribution < -0.4 is 103 Å². The topological polar surface area (TPSA) is 103 Å². The summed E-state index contributed by atoms with van der Waals surface area (Å²) in [5.74, 6) is -0.486. The molecule has 1 atom stereocenters. The van der Waals surface area contributed by atoms with E-state index in [1.54, 1.807) is 6.08 Å². The van der Waals surface area contributed by atoms with Crippen molar-refractivity contribution in [2.75, 3.05) is 26.3 Å². The summed E-state index contributed by atoms with van der Waals surface area (Å²) in [6.07, 6.45) is 9.63. The molecule has 0 saturated carbocycles. The van der Waals surface area contributed by atoms with Crippen LogP contribution in [0.2, 0.25) is 0 Å². The maximum absolute atomic E-state index is 12.7. The van der Waals surface area contributed by atoms with Crippen molar-refractivity contribution >= 4 is 28.7 Å². The monoisotopic (exact) mass is 493 g/mol. The molecule has 0 aliphatic carbocycles. The zero-order chi connectivity index (χ0) is 20.2. The molecule has 1 aliphatic rings. The van der Waals surface area contributed by atoms with E-state index < -0.39 is 16.7 Å². The van der Waals surface area contributed by atoms with E-state index in [1.807, 2.05) is 6.92 Å². The van der Waals surface area contributed by atoms with Gasteiger partial charge in [-0.3, -0.25) is 17.5 Å². The first-order valence-corrected chi connectivity index (χ1v) is 9.23. The fourth-order valence-corrected chi connectivity index (χ4v) is 2.62. The Bertz CT molecular complexity index is 752. The van der Waals surface area contributed by atoms with Crippen LogP contribution in [0.1, 0.15) is 12.6 Å². The van der Waals surface area contributed by atoms with Gasteiger partial charge >= 0.3 is 103 Å². The molecular weight excluding hydrogens is 475 g/mol. The van der Waals surface area contributed by atoms with Gasteiger partial charge < -0.3 is 27.9 Å². The smallest absolute Gasteiger partial charge is 0.428 e. The molecule has 150 valence electrons. The second-order valence-electron chi connectivity index (χ2n) is 5.28. The second kappa shape index (κ2) is 19.1. The second-order valence-corrected chi connectivity index (χ2v) is 6.59. The fraction of sp³-hybridized carbons (Fsp3) is 0.353. The van der Waals surface area contributed by atoms with Crippen LogP contribution in [-0.2, 0) is 19.3 Å². The van der Waals surface area contributed by atoms with Gasteiger partial charge in [-0.1, -0.05) is 44.1 Å². The van der Waals surface area contributed by atoms with Crippen molar-refractivity contribution in [1.29, 1.82) is 0 Å². The van der Waals surface area contributed by atoms with Crippen LogP contribution in [0.3, 0.4) is 0 Å². The minimum Gasteiger partial charge on any atom is -0.428 e. The molecule has 7 nitrogen and oxygen atoms in total. The van der Waals surface area contributed by atoms with E-state index in [9.17, 15) is 12.8 Å². The molecule has 2 rings (SSSR count). The van der Waals surface area contributed by atoms with Crippen molar-refractivity contribution in [1.82, 2.24) is 9.29 Å².